The van der Waals surface area contributed by atoms with Gasteiger partial charge in [0.1, 0.15) is 18.0 Å². The number of hydrogen-bond donors (Lipinski definition) is 2. The number of anilines is 1. The number of amides is 2. The molecule has 0 spiro atoms. The van der Waals surface area contributed by atoms with E-state index >= 15 is 0 Å². The fourth-order valence-electron chi connectivity index (χ4n) is 2.95. The SMILES string of the molecule is COc1ccc(OC)c(C(O)CNC(=O)CN2C(=O)CSc3ccccc32)c1. The molecule has 0 bridgehead atoms. The first kappa shape index (κ1) is 20.0. The maximum atomic E-state index is 12.4. The van der Waals surface area contributed by atoms with E-state index in [2.05, 4.69) is 5.32 Å². The van der Waals surface area contributed by atoms with Crippen LogP contribution in [0.15, 0.2) is 47.4 Å². The zero-order valence-electron chi connectivity index (χ0n) is 15.7. The Hall–Kier alpha value is -2.71. The number of ether oxygens (including phenoxy) is 2. The minimum absolute atomic E-state index is 0.0131. The molecule has 0 saturated carbocycles. The first-order valence-corrected chi connectivity index (χ1v) is 9.71. The molecule has 2 amide bonds. The van der Waals surface area contributed by atoms with Crippen molar-refractivity contribution in [2.75, 3.05) is 38.0 Å². The quantitative estimate of drug-likeness (QED) is 0.737. The minimum Gasteiger partial charge on any atom is -0.497 e. The number of para-hydroxylation sites is 1. The molecule has 2 aromatic rings. The Morgan fingerprint density at radius 2 is 2.04 bits per heavy atom. The summed E-state index contributed by atoms with van der Waals surface area (Å²) in [5.74, 6) is 0.909. The van der Waals surface area contributed by atoms with Crippen molar-refractivity contribution >= 4 is 29.3 Å². The van der Waals surface area contributed by atoms with Gasteiger partial charge >= 0.3 is 0 Å². The standard InChI is InChI=1S/C20H22N2O5S/c1-26-13-7-8-17(27-2)14(9-13)16(23)10-21-19(24)11-22-15-5-3-4-6-18(15)28-12-20(22)25/h3-9,16,23H,10-12H2,1-2H3,(H,21,24). The lowest BCUT2D eigenvalue weighted by Gasteiger charge is -2.28. The Morgan fingerprint density at radius 3 is 2.79 bits per heavy atom. The predicted octanol–water partition coefficient (Wildman–Crippen LogP) is 1.99. The molecular formula is C20H22N2O5S. The second-order valence-corrected chi connectivity index (χ2v) is 7.18. The van der Waals surface area contributed by atoms with Crippen LogP contribution in [0.2, 0.25) is 0 Å². The van der Waals surface area contributed by atoms with Gasteiger partial charge in [0.15, 0.2) is 0 Å². The van der Waals surface area contributed by atoms with E-state index < -0.39 is 6.10 Å². The number of methoxy groups -OCH3 is 2. The lowest BCUT2D eigenvalue weighted by atomic mass is 10.1. The van der Waals surface area contributed by atoms with E-state index in [1.807, 2.05) is 24.3 Å². The van der Waals surface area contributed by atoms with Crippen LogP contribution in [-0.2, 0) is 9.59 Å². The first-order valence-electron chi connectivity index (χ1n) is 8.72. The van der Waals surface area contributed by atoms with E-state index in [9.17, 15) is 14.7 Å². The molecule has 3 rings (SSSR count). The summed E-state index contributed by atoms with van der Waals surface area (Å²) in [4.78, 5) is 27.1. The van der Waals surface area contributed by atoms with Crippen molar-refractivity contribution < 1.29 is 24.2 Å². The monoisotopic (exact) mass is 402 g/mol. The number of fused-ring (bicyclic) bond motifs is 1. The summed E-state index contributed by atoms with van der Waals surface area (Å²) in [6.07, 6.45) is -0.978. The van der Waals surface area contributed by atoms with Gasteiger partial charge in [-0.25, -0.2) is 0 Å². The van der Waals surface area contributed by atoms with Crippen LogP contribution in [0.5, 0.6) is 11.5 Å². The highest BCUT2D eigenvalue weighted by molar-refractivity contribution is 8.00. The number of nitrogens with zero attached hydrogens (tertiary/aromatic N) is 1. The molecule has 0 aliphatic carbocycles. The minimum atomic E-state index is -0.978. The number of benzene rings is 2. The first-order chi connectivity index (χ1) is 13.5. The third-order valence-electron chi connectivity index (χ3n) is 4.40. The smallest absolute Gasteiger partial charge is 0.240 e. The molecule has 7 nitrogen and oxygen atoms in total. The maximum absolute atomic E-state index is 12.4. The molecule has 1 aliphatic heterocycles. The normalized spacial score (nSPS) is 14.2. The number of carbonyl (C=O) groups excluding carboxylic acids is 2. The van der Waals surface area contributed by atoms with Gasteiger partial charge in [0.05, 0.1) is 31.8 Å². The third-order valence-corrected chi connectivity index (χ3v) is 5.45. The van der Waals surface area contributed by atoms with Crippen molar-refractivity contribution in [3.05, 3.63) is 48.0 Å². The lowest BCUT2D eigenvalue weighted by molar-refractivity contribution is -0.123. The van der Waals surface area contributed by atoms with Gasteiger partial charge in [-0.3, -0.25) is 9.59 Å². The average molecular weight is 402 g/mol. The summed E-state index contributed by atoms with van der Waals surface area (Å²) < 4.78 is 10.4. The molecule has 1 heterocycles. The number of hydrogen-bond acceptors (Lipinski definition) is 6. The van der Waals surface area contributed by atoms with E-state index in [1.165, 1.54) is 30.9 Å². The van der Waals surface area contributed by atoms with Gasteiger partial charge < -0.3 is 24.8 Å². The van der Waals surface area contributed by atoms with Gasteiger partial charge in [0.25, 0.3) is 0 Å². The highest BCUT2D eigenvalue weighted by Crippen LogP contribution is 2.34. The van der Waals surface area contributed by atoms with Crippen LogP contribution in [0, 0.1) is 0 Å². The van der Waals surface area contributed by atoms with Crippen molar-refractivity contribution in [2.24, 2.45) is 0 Å². The van der Waals surface area contributed by atoms with Gasteiger partial charge in [-0.2, -0.15) is 0 Å². The molecule has 0 saturated heterocycles. The van der Waals surface area contributed by atoms with Crippen LogP contribution in [0.25, 0.3) is 0 Å². The summed E-state index contributed by atoms with van der Waals surface area (Å²) in [6, 6.07) is 12.6. The molecule has 1 unspecified atom stereocenters. The summed E-state index contributed by atoms with van der Waals surface area (Å²) >= 11 is 1.46. The number of rotatable bonds is 7. The fraction of sp³-hybridized carbons (Fsp3) is 0.300. The predicted molar refractivity (Wildman–Crippen MR) is 107 cm³/mol. The molecule has 8 heteroatoms. The van der Waals surface area contributed by atoms with Crippen LogP contribution in [-0.4, -0.2) is 50.0 Å². The molecule has 2 aromatic carbocycles. The van der Waals surface area contributed by atoms with Crippen LogP contribution in [0.1, 0.15) is 11.7 Å². The van der Waals surface area contributed by atoms with E-state index in [0.717, 1.165) is 10.6 Å². The van der Waals surface area contributed by atoms with Crippen molar-refractivity contribution in [1.29, 1.82) is 0 Å². The fourth-order valence-corrected chi connectivity index (χ4v) is 3.88. The van der Waals surface area contributed by atoms with Crippen LogP contribution in [0.3, 0.4) is 0 Å². The van der Waals surface area contributed by atoms with Crippen molar-refractivity contribution in [3.8, 4) is 11.5 Å². The molecule has 1 aliphatic rings. The van der Waals surface area contributed by atoms with Crippen molar-refractivity contribution in [1.82, 2.24) is 5.32 Å². The van der Waals surface area contributed by atoms with Gasteiger partial charge in [-0.1, -0.05) is 12.1 Å². The number of thioether (sulfide) groups is 1. The summed E-state index contributed by atoms with van der Waals surface area (Å²) in [7, 11) is 3.04. The molecule has 0 aromatic heterocycles. The molecule has 0 radical (unpaired) electrons. The highest BCUT2D eigenvalue weighted by atomic mass is 32.2. The van der Waals surface area contributed by atoms with Crippen molar-refractivity contribution in [2.45, 2.75) is 11.0 Å². The Bertz CT molecular complexity index is 873. The zero-order valence-corrected chi connectivity index (χ0v) is 16.5. The average Bonchev–Trinajstić information content (AvgIpc) is 2.73. The Balaban J connectivity index is 1.64. The van der Waals surface area contributed by atoms with Gasteiger partial charge in [-0.05, 0) is 30.3 Å². The molecular weight excluding hydrogens is 380 g/mol. The van der Waals surface area contributed by atoms with Gasteiger partial charge in [0, 0.05) is 17.0 Å². The zero-order chi connectivity index (χ0) is 20.1. The van der Waals surface area contributed by atoms with E-state index in [1.54, 1.807) is 18.2 Å². The second-order valence-electron chi connectivity index (χ2n) is 6.16. The Kier molecular flexibility index (Phi) is 6.43. The van der Waals surface area contributed by atoms with Gasteiger partial charge in [0.2, 0.25) is 11.8 Å². The van der Waals surface area contributed by atoms with E-state index in [0.29, 0.717) is 22.8 Å². The number of aliphatic hydroxyl groups excluding tert-OH is 1. The van der Waals surface area contributed by atoms with Gasteiger partial charge in [-0.15, -0.1) is 11.8 Å². The van der Waals surface area contributed by atoms with E-state index in [4.69, 9.17) is 9.47 Å². The number of carbonyl (C=O) groups is 2. The van der Waals surface area contributed by atoms with Crippen LogP contribution < -0.4 is 19.7 Å². The molecule has 2 N–H and O–H groups in total. The molecule has 0 fully saturated rings. The molecule has 148 valence electrons. The Morgan fingerprint density at radius 1 is 1.25 bits per heavy atom. The van der Waals surface area contributed by atoms with E-state index in [-0.39, 0.29) is 24.9 Å². The summed E-state index contributed by atoms with van der Waals surface area (Å²) in [5.41, 5.74) is 1.24. The van der Waals surface area contributed by atoms with Crippen molar-refractivity contribution in [3.63, 3.8) is 0 Å². The molecule has 28 heavy (non-hydrogen) atoms. The second kappa shape index (κ2) is 8.99. The number of nitrogens with one attached hydrogen (secondary N) is 1. The number of aliphatic hydroxyl groups is 1. The summed E-state index contributed by atoms with van der Waals surface area (Å²) in [5, 5.41) is 13.2. The lowest BCUT2D eigenvalue weighted by Crippen LogP contribution is -2.44. The third kappa shape index (κ3) is 4.40. The van der Waals surface area contributed by atoms with Crippen LogP contribution >= 0.6 is 11.8 Å². The maximum Gasteiger partial charge on any atom is 0.240 e. The molecule has 1 atom stereocenters. The topological polar surface area (TPSA) is 88.1 Å². The highest BCUT2D eigenvalue weighted by Gasteiger charge is 2.26. The Labute approximate surface area is 167 Å². The van der Waals surface area contributed by atoms with Crippen LogP contribution in [0.4, 0.5) is 5.69 Å². The largest absolute Gasteiger partial charge is 0.497 e. The summed E-state index contributed by atoms with van der Waals surface area (Å²) in [6.45, 7) is -0.112.